The molecule has 0 aliphatic carbocycles. The van der Waals surface area contributed by atoms with Crippen LogP contribution in [0.1, 0.15) is 13.8 Å². The van der Waals surface area contributed by atoms with Crippen molar-refractivity contribution in [2.24, 2.45) is 5.92 Å². The van der Waals surface area contributed by atoms with Crippen LogP contribution < -0.4 is 10.5 Å². The third-order valence-corrected chi connectivity index (χ3v) is 4.10. The second-order valence-electron chi connectivity index (χ2n) is 4.37. The van der Waals surface area contributed by atoms with Gasteiger partial charge in [-0.15, -0.1) is 0 Å². The van der Waals surface area contributed by atoms with Crippen molar-refractivity contribution in [2.75, 3.05) is 12.3 Å². The van der Waals surface area contributed by atoms with E-state index in [0.717, 1.165) is 0 Å². The second-order valence-corrected chi connectivity index (χ2v) is 6.09. The van der Waals surface area contributed by atoms with Gasteiger partial charge in [-0.2, -0.15) is 0 Å². The molecule has 7 heteroatoms. The zero-order valence-corrected chi connectivity index (χ0v) is 11.1. The fourth-order valence-electron chi connectivity index (χ4n) is 1.35. The van der Waals surface area contributed by atoms with Crippen molar-refractivity contribution in [1.29, 1.82) is 0 Å². The summed E-state index contributed by atoms with van der Waals surface area (Å²) in [4.78, 5) is -0.0445. The van der Waals surface area contributed by atoms with Gasteiger partial charge in [0.15, 0.2) is 0 Å². The molecule has 0 aromatic heterocycles. The van der Waals surface area contributed by atoms with Gasteiger partial charge in [0.25, 0.3) is 0 Å². The highest BCUT2D eigenvalue weighted by molar-refractivity contribution is 7.89. The first-order chi connectivity index (χ1) is 8.27. The summed E-state index contributed by atoms with van der Waals surface area (Å²) in [6.07, 6.45) is 0. The van der Waals surface area contributed by atoms with Crippen LogP contribution in [0.4, 0.5) is 5.69 Å². The normalized spacial score (nSPS) is 13.8. The number of aliphatic hydroxyl groups is 1. The zero-order valence-electron chi connectivity index (χ0n) is 10.3. The van der Waals surface area contributed by atoms with E-state index in [1.165, 1.54) is 18.2 Å². The number of aromatic hydroxyl groups is 1. The zero-order chi connectivity index (χ0) is 13.9. The number of rotatable bonds is 5. The molecule has 0 spiro atoms. The van der Waals surface area contributed by atoms with Crippen LogP contribution in [0.25, 0.3) is 0 Å². The number of benzene rings is 1. The summed E-state index contributed by atoms with van der Waals surface area (Å²) in [7, 11) is -3.76. The van der Waals surface area contributed by atoms with E-state index in [0.29, 0.717) is 0 Å². The van der Waals surface area contributed by atoms with E-state index < -0.39 is 16.1 Å². The number of nitrogens with one attached hydrogen (secondary N) is 1. The number of aliphatic hydroxyl groups excluding tert-OH is 1. The topological polar surface area (TPSA) is 113 Å². The molecule has 6 nitrogen and oxygen atoms in total. The van der Waals surface area contributed by atoms with Gasteiger partial charge in [-0.3, -0.25) is 0 Å². The van der Waals surface area contributed by atoms with Crippen LogP contribution in [-0.2, 0) is 10.0 Å². The molecule has 0 saturated heterocycles. The molecule has 0 saturated carbocycles. The lowest BCUT2D eigenvalue weighted by Gasteiger charge is -2.20. The third kappa shape index (κ3) is 3.34. The lowest BCUT2D eigenvalue weighted by molar-refractivity contribution is 0.227. The van der Waals surface area contributed by atoms with Crippen LogP contribution >= 0.6 is 0 Å². The number of sulfonamides is 1. The van der Waals surface area contributed by atoms with Crippen LogP contribution in [0.3, 0.4) is 0 Å². The average molecular weight is 274 g/mol. The molecule has 0 heterocycles. The first kappa shape index (κ1) is 14.7. The molecule has 0 aliphatic rings. The molecule has 5 N–H and O–H groups in total. The molecule has 0 bridgehead atoms. The number of hydrogen-bond donors (Lipinski definition) is 4. The maximum atomic E-state index is 12.0. The molecular formula is C11H18N2O4S. The van der Waals surface area contributed by atoms with E-state index in [-0.39, 0.29) is 28.9 Å². The van der Waals surface area contributed by atoms with Gasteiger partial charge in [-0.05, 0) is 24.1 Å². The van der Waals surface area contributed by atoms with Gasteiger partial charge in [0.05, 0.1) is 17.2 Å². The largest absolute Gasteiger partial charge is 0.506 e. The third-order valence-electron chi connectivity index (χ3n) is 2.62. The standard InChI is InChI=1S/C11H18N2O4S/c1-7(2)10(6-14)13-18(16,17)8-3-4-11(15)9(12)5-8/h3-5,7,10,13-15H,6,12H2,1-2H3. The van der Waals surface area contributed by atoms with Crippen molar-refractivity contribution in [3.8, 4) is 5.75 Å². The van der Waals surface area contributed by atoms with E-state index in [4.69, 9.17) is 10.8 Å². The average Bonchev–Trinajstić information content (AvgIpc) is 2.29. The van der Waals surface area contributed by atoms with Gasteiger partial charge < -0.3 is 15.9 Å². The summed E-state index contributed by atoms with van der Waals surface area (Å²) >= 11 is 0. The van der Waals surface area contributed by atoms with Crippen molar-refractivity contribution in [3.05, 3.63) is 18.2 Å². The molecule has 0 amide bonds. The lowest BCUT2D eigenvalue weighted by atomic mass is 10.1. The van der Waals surface area contributed by atoms with E-state index in [9.17, 15) is 13.5 Å². The van der Waals surface area contributed by atoms with Crippen molar-refractivity contribution in [2.45, 2.75) is 24.8 Å². The van der Waals surface area contributed by atoms with Crippen LogP contribution in [0.2, 0.25) is 0 Å². The van der Waals surface area contributed by atoms with Gasteiger partial charge in [0, 0.05) is 6.04 Å². The van der Waals surface area contributed by atoms with E-state index in [1.807, 2.05) is 0 Å². The first-order valence-electron chi connectivity index (χ1n) is 5.49. The molecule has 1 aromatic rings. The molecule has 0 radical (unpaired) electrons. The maximum Gasteiger partial charge on any atom is 0.240 e. The van der Waals surface area contributed by atoms with Crippen molar-refractivity contribution in [1.82, 2.24) is 4.72 Å². The minimum absolute atomic E-state index is 0.0111. The Labute approximate surface area is 106 Å². The van der Waals surface area contributed by atoms with Crippen molar-refractivity contribution in [3.63, 3.8) is 0 Å². The van der Waals surface area contributed by atoms with Crippen LogP contribution in [0, 0.1) is 5.92 Å². The molecule has 1 unspecified atom stereocenters. The Kier molecular flexibility index (Phi) is 4.55. The molecule has 0 fully saturated rings. The fourth-order valence-corrected chi connectivity index (χ4v) is 2.76. The quantitative estimate of drug-likeness (QED) is 0.455. The molecule has 1 atom stereocenters. The summed E-state index contributed by atoms with van der Waals surface area (Å²) in [6, 6.07) is 3.08. The lowest BCUT2D eigenvalue weighted by Crippen LogP contribution is -2.41. The second kappa shape index (κ2) is 5.55. The fraction of sp³-hybridized carbons (Fsp3) is 0.455. The minimum Gasteiger partial charge on any atom is -0.506 e. The highest BCUT2D eigenvalue weighted by Crippen LogP contribution is 2.23. The number of phenolic OH excluding ortho intramolecular Hbond substituents is 1. The van der Waals surface area contributed by atoms with Gasteiger partial charge in [-0.25, -0.2) is 13.1 Å². The van der Waals surface area contributed by atoms with E-state index in [1.54, 1.807) is 13.8 Å². The number of phenols is 1. The molecule has 102 valence electrons. The van der Waals surface area contributed by atoms with Gasteiger partial charge in [0.2, 0.25) is 10.0 Å². The number of anilines is 1. The van der Waals surface area contributed by atoms with Gasteiger partial charge in [0.1, 0.15) is 5.75 Å². The van der Waals surface area contributed by atoms with Crippen molar-refractivity contribution >= 4 is 15.7 Å². The summed E-state index contributed by atoms with van der Waals surface area (Å²) in [5, 5.41) is 18.4. The number of hydrogen-bond acceptors (Lipinski definition) is 5. The molecular weight excluding hydrogens is 256 g/mol. The first-order valence-corrected chi connectivity index (χ1v) is 6.98. The maximum absolute atomic E-state index is 12.0. The smallest absolute Gasteiger partial charge is 0.240 e. The summed E-state index contributed by atoms with van der Waals surface area (Å²) < 4.78 is 26.4. The highest BCUT2D eigenvalue weighted by atomic mass is 32.2. The Bertz CT molecular complexity index is 514. The summed E-state index contributed by atoms with van der Waals surface area (Å²) in [5.41, 5.74) is 5.44. The molecule has 1 aromatic carbocycles. The summed E-state index contributed by atoms with van der Waals surface area (Å²) in [6.45, 7) is 3.31. The van der Waals surface area contributed by atoms with Crippen LogP contribution in [-0.4, -0.2) is 31.3 Å². The summed E-state index contributed by atoms with van der Waals surface area (Å²) in [5.74, 6) is -0.212. The Hall–Kier alpha value is -1.31. The Balaban J connectivity index is 3.02. The van der Waals surface area contributed by atoms with Gasteiger partial charge in [-0.1, -0.05) is 13.8 Å². The SMILES string of the molecule is CC(C)C(CO)NS(=O)(=O)c1ccc(O)c(N)c1. The van der Waals surface area contributed by atoms with Gasteiger partial charge >= 0.3 is 0 Å². The van der Waals surface area contributed by atoms with E-state index >= 15 is 0 Å². The molecule has 18 heavy (non-hydrogen) atoms. The van der Waals surface area contributed by atoms with Crippen LogP contribution in [0.5, 0.6) is 5.75 Å². The Morgan fingerprint density at radius 2 is 2.00 bits per heavy atom. The predicted molar refractivity (Wildman–Crippen MR) is 68.6 cm³/mol. The Morgan fingerprint density at radius 3 is 2.44 bits per heavy atom. The van der Waals surface area contributed by atoms with Crippen molar-refractivity contribution < 1.29 is 18.6 Å². The monoisotopic (exact) mass is 274 g/mol. The molecule has 0 aliphatic heterocycles. The molecule has 1 rings (SSSR count). The Morgan fingerprint density at radius 1 is 1.39 bits per heavy atom. The highest BCUT2D eigenvalue weighted by Gasteiger charge is 2.22. The van der Waals surface area contributed by atoms with Crippen LogP contribution in [0.15, 0.2) is 23.1 Å². The minimum atomic E-state index is -3.76. The predicted octanol–water partition coefficient (Wildman–Crippen LogP) is 0.270. The van der Waals surface area contributed by atoms with E-state index in [2.05, 4.69) is 4.72 Å². The number of nitrogens with two attached hydrogens (primary N) is 1. The number of nitrogen functional groups attached to an aromatic ring is 1.